The molecule has 123 heavy (non-hydrogen) atoms. The minimum Gasteiger partial charge on any atom is -0.481 e. The van der Waals surface area contributed by atoms with Crippen LogP contribution in [-0.4, -0.2) is 245 Å². The molecular formula is C86H111ClN18O18. The molecule has 6 aromatic rings. The Bertz CT molecular complexity index is 4640. The van der Waals surface area contributed by atoms with E-state index in [2.05, 4.69) is 63.4 Å². The van der Waals surface area contributed by atoms with E-state index < -0.39 is 169 Å². The molecule has 6 aromatic carbocycles. The Morgan fingerprint density at radius 1 is 0.520 bits per heavy atom. The maximum Gasteiger partial charge on any atom is 0.316 e. The van der Waals surface area contributed by atoms with Gasteiger partial charge < -0.3 is 101 Å². The summed E-state index contributed by atoms with van der Waals surface area (Å²) < 4.78 is 5.55. The summed E-state index contributed by atoms with van der Waals surface area (Å²) in [6, 6.07) is 25.0. The third kappa shape index (κ3) is 32.0. The number of likely N-dealkylation sites (tertiary alicyclic amines) is 1. The van der Waals surface area contributed by atoms with Crippen molar-refractivity contribution in [1.29, 1.82) is 5.41 Å². The number of aliphatic hydroxyl groups is 1. The molecule has 37 heteroatoms. The highest BCUT2D eigenvalue weighted by Crippen LogP contribution is 2.23. The molecule has 8 rings (SSSR count). The van der Waals surface area contributed by atoms with E-state index in [1.165, 1.54) is 41.0 Å². The Morgan fingerprint density at radius 3 is 1.48 bits per heavy atom. The normalized spacial score (nSPS) is 15.5. The van der Waals surface area contributed by atoms with E-state index in [1.54, 1.807) is 86.6 Å². The number of urea groups is 1. The zero-order valence-corrected chi connectivity index (χ0v) is 69.6. The number of hydrogen-bond acceptors (Lipinski definition) is 19. The van der Waals surface area contributed by atoms with E-state index in [0.717, 1.165) is 16.3 Å². The number of fused-ring (bicyclic) bond motifs is 1. The molecule has 0 unspecified atom stereocenters. The lowest BCUT2D eigenvalue weighted by molar-refractivity contribution is -0.142. The SMILES string of the molecule is CC(C)C[C@H](NC(=O)[C@@H](Cc1ccc(CN2CCOCC2)cc1)NC(=O)[C@H](Cc1ccc(NC(N)=O)cc1)NC(=O)[C@H](CO)NC(=O)[C@@H](Cc1ccccc1)NC(=O)[C@@H](Cc1ccc(Cl)cc1)NC(=O)[C@@H](Cc1ccc2ccccc2c1)NC(=O)CN(CCC(=O)O)CCC(=O)O)C(=O)N[C@@H](CCCNC(=N)N)C(=O)N1CCC[C@H]1C(=O)N[C@H](C)C(N)=O. The quantitative estimate of drug-likeness (QED) is 0.0142. The number of primary amides is 2. The number of carbonyl (C=O) groups is 14. The third-order valence-corrected chi connectivity index (χ3v) is 21.0. The molecule has 21 N–H and O–H groups in total. The number of carbonyl (C=O) groups excluding carboxylic acids is 12. The van der Waals surface area contributed by atoms with Gasteiger partial charge in [0.1, 0.15) is 60.4 Å². The van der Waals surface area contributed by atoms with Crippen molar-refractivity contribution in [2.45, 2.75) is 165 Å². The fourth-order valence-corrected chi connectivity index (χ4v) is 14.3. The number of aliphatic hydroxyl groups excluding tert-OH is 1. The number of ether oxygens (including phenoxy) is 1. The Morgan fingerprint density at radius 2 is 0.967 bits per heavy atom. The first kappa shape index (κ1) is 95.8. The summed E-state index contributed by atoms with van der Waals surface area (Å²) >= 11 is 6.32. The first-order valence-corrected chi connectivity index (χ1v) is 41.1. The van der Waals surface area contributed by atoms with E-state index in [1.807, 2.05) is 48.5 Å². The summed E-state index contributed by atoms with van der Waals surface area (Å²) in [4.78, 5) is 201. The van der Waals surface area contributed by atoms with Crippen molar-refractivity contribution in [3.63, 3.8) is 0 Å². The first-order chi connectivity index (χ1) is 58.7. The molecule has 2 aliphatic rings. The van der Waals surface area contributed by atoms with Crippen LogP contribution in [0.25, 0.3) is 10.8 Å². The van der Waals surface area contributed by atoms with Crippen LogP contribution in [0.1, 0.15) is 99.1 Å². The number of carboxylic acids is 2. The predicted octanol–water partition coefficient (Wildman–Crippen LogP) is 0.742. The molecule has 2 saturated heterocycles. The zero-order chi connectivity index (χ0) is 89.2. The number of nitrogens with zero attached hydrogens (tertiary/aromatic N) is 3. The molecular weight excluding hydrogens is 1610 g/mol. The maximum atomic E-state index is 15.5. The van der Waals surface area contributed by atoms with E-state index >= 15 is 28.8 Å². The summed E-state index contributed by atoms with van der Waals surface area (Å²) in [7, 11) is 0. The second-order valence-corrected chi connectivity index (χ2v) is 31.4. The highest BCUT2D eigenvalue weighted by atomic mass is 35.5. The van der Waals surface area contributed by atoms with Crippen molar-refractivity contribution in [3.05, 3.63) is 184 Å². The van der Waals surface area contributed by atoms with Crippen LogP contribution >= 0.6 is 11.6 Å². The van der Waals surface area contributed by atoms with Crippen LogP contribution in [-0.2, 0) is 106 Å². The van der Waals surface area contributed by atoms with Crippen LogP contribution in [0.5, 0.6) is 0 Å². The summed E-state index contributed by atoms with van der Waals surface area (Å²) in [6.45, 7) is 6.14. The number of nitrogens with one attached hydrogen (secondary N) is 12. The highest BCUT2D eigenvalue weighted by molar-refractivity contribution is 6.30. The summed E-state index contributed by atoms with van der Waals surface area (Å²) in [5, 5.41) is 69.4. The van der Waals surface area contributed by atoms with Gasteiger partial charge >= 0.3 is 18.0 Å². The number of nitrogens with two attached hydrogens (primary N) is 3. The average molecular weight is 1720 g/mol. The standard InChI is InChI=1S/C86H111ClN18O18/c1-51(2)41-64(76(113)96-63(15-9-33-92-85(89)90)84(121)105-34-10-16-71(105)83(120)93-52(3)75(88)112)97-78(115)67(44-54-17-19-57(20-18-54)48-104-37-39-123-40-38-104)100-80(117)69(46-56-24-29-62(30-25-56)94-86(91)122)101-82(119)70(50-106)102-81(118)66(43-53-11-5-4-6-12-53)99-79(116)68(45-55-22-27-61(87)28-23-55)98-77(114)65(47-58-21-26-59-13-7-8-14-60(59)42-58)95-72(107)49-103(35-31-73(108)109)36-32-74(110)111/h4-8,11-14,17-30,42,51-52,63-71,106H,9-10,15-16,31-41,43-50H2,1-3H3,(H2,88,112)(H,93,120)(H,95,107)(H,96,113)(H,97,115)(H,98,114)(H,99,116)(H,100,117)(H,101,119)(H,102,118)(H,108,109)(H,110,111)(H4,89,90,92)(H3,91,94,122)/t52-,63+,64+,65-,66-,67-,68-,69+,70+,71+/m1/s1. The number of guanidine groups is 1. The summed E-state index contributed by atoms with van der Waals surface area (Å²) in [5.74, 6) is -12.8. The van der Waals surface area contributed by atoms with Crippen LogP contribution in [0.3, 0.4) is 0 Å². The fraction of sp³-hybridized carbons (Fsp3) is 0.430. The minimum atomic E-state index is -1.91. The number of benzene rings is 6. The third-order valence-electron chi connectivity index (χ3n) is 20.7. The second-order valence-electron chi connectivity index (χ2n) is 30.9. The largest absolute Gasteiger partial charge is 0.481 e. The molecule has 10 atom stereocenters. The highest BCUT2D eigenvalue weighted by Gasteiger charge is 2.41. The number of rotatable bonds is 47. The summed E-state index contributed by atoms with van der Waals surface area (Å²) in [5.41, 5.74) is 20.0. The van der Waals surface area contributed by atoms with Gasteiger partial charge in [0, 0.05) is 88.6 Å². The molecule has 0 radical (unpaired) electrons. The molecule has 13 amide bonds. The van der Waals surface area contributed by atoms with Crippen molar-refractivity contribution in [2.24, 2.45) is 23.1 Å². The smallest absolute Gasteiger partial charge is 0.316 e. The van der Waals surface area contributed by atoms with Crippen LogP contribution in [0, 0.1) is 11.3 Å². The van der Waals surface area contributed by atoms with Gasteiger partial charge in [-0.25, -0.2) is 4.79 Å². The van der Waals surface area contributed by atoms with Gasteiger partial charge in [-0.3, -0.25) is 77.5 Å². The lowest BCUT2D eigenvalue weighted by atomic mass is 9.99. The number of morpholine rings is 1. The molecule has 660 valence electrons. The first-order valence-electron chi connectivity index (χ1n) is 40.7. The van der Waals surface area contributed by atoms with E-state index in [9.17, 15) is 53.7 Å². The number of halogens is 1. The van der Waals surface area contributed by atoms with E-state index in [0.29, 0.717) is 72.1 Å². The Labute approximate surface area is 716 Å². The zero-order valence-electron chi connectivity index (χ0n) is 68.9. The van der Waals surface area contributed by atoms with Crippen LogP contribution in [0.15, 0.2) is 146 Å². The molecule has 2 heterocycles. The number of amides is 13. The molecule has 0 bridgehead atoms. The summed E-state index contributed by atoms with van der Waals surface area (Å²) in [6.07, 6.45) is -1.46. The van der Waals surface area contributed by atoms with Gasteiger partial charge in [0.25, 0.3) is 0 Å². The molecule has 2 fully saturated rings. The molecule has 0 aliphatic carbocycles. The second kappa shape index (κ2) is 48.1. The van der Waals surface area contributed by atoms with Crippen molar-refractivity contribution in [1.82, 2.24) is 67.9 Å². The van der Waals surface area contributed by atoms with Crippen molar-refractivity contribution >= 4 is 117 Å². The molecule has 36 nitrogen and oxygen atoms in total. The monoisotopic (exact) mass is 1720 g/mol. The fourth-order valence-electron chi connectivity index (χ4n) is 14.2. The molecule has 0 saturated carbocycles. The van der Waals surface area contributed by atoms with Gasteiger partial charge in [0.15, 0.2) is 5.96 Å². The van der Waals surface area contributed by atoms with Gasteiger partial charge in [0.2, 0.25) is 65.0 Å². The van der Waals surface area contributed by atoms with E-state index in [-0.39, 0.29) is 102 Å². The van der Waals surface area contributed by atoms with Crippen LogP contribution in [0.4, 0.5) is 10.5 Å². The van der Waals surface area contributed by atoms with Gasteiger partial charge in [-0.15, -0.1) is 0 Å². The lowest BCUT2D eigenvalue weighted by Crippen LogP contribution is -2.62. The maximum absolute atomic E-state index is 15.5. The number of aliphatic carboxylic acids is 2. The Balaban J connectivity index is 1.09. The number of carboxylic acid groups (broad SMARTS) is 2. The van der Waals surface area contributed by atoms with Gasteiger partial charge in [0.05, 0.1) is 39.2 Å². The van der Waals surface area contributed by atoms with Crippen molar-refractivity contribution in [3.8, 4) is 0 Å². The Hall–Kier alpha value is -12.6. The number of anilines is 1. The molecule has 0 aromatic heterocycles. The number of hydrogen-bond donors (Lipinski definition) is 18. The Kier molecular flexibility index (Phi) is 37.5. The molecule has 2 aliphatic heterocycles. The van der Waals surface area contributed by atoms with Gasteiger partial charge in [-0.05, 0) is 113 Å². The minimum absolute atomic E-state index is 0.0272. The topological polar surface area (TPSA) is 553 Å². The average Bonchev–Trinajstić information content (AvgIpc) is 1.21. The van der Waals surface area contributed by atoms with Gasteiger partial charge in [-0.2, -0.15) is 0 Å². The molecule has 0 spiro atoms. The van der Waals surface area contributed by atoms with Crippen molar-refractivity contribution < 1.29 is 87.2 Å². The van der Waals surface area contributed by atoms with Crippen LogP contribution in [0.2, 0.25) is 5.02 Å². The van der Waals surface area contributed by atoms with Crippen molar-refractivity contribution in [2.75, 3.05) is 71.0 Å². The van der Waals surface area contributed by atoms with E-state index in [4.69, 9.17) is 38.9 Å². The van der Waals surface area contributed by atoms with Crippen LogP contribution < -0.4 is 75.7 Å². The predicted molar refractivity (Wildman–Crippen MR) is 456 cm³/mol. The van der Waals surface area contributed by atoms with Gasteiger partial charge in [-0.1, -0.05) is 147 Å². The lowest BCUT2D eigenvalue weighted by Gasteiger charge is -2.31.